The molecular weight excluding hydrogens is 298 g/mol. The smallest absolute Gasteiger partial charge is 0.328 e. The Balaban J connectivity index is 1.91. The molecule has 0 aliphatic carbocycles. The molecule has 8 heteroatoms. The van der Waals surface area contributed by atoms with Crippen LogP contribution in [0.1, 0.15) is 24.9 Å². The largest absolute Gasteiger partial charge is 0.386 e. The maximum Gasteiger partial charge on any atom is 0.328 e. The van der Waals surface area contributed by atoms with E-state index in [0.29, 0.717) is 31.0 Å². The van der Waals surface area contributed by atoms with Gasteiger partial charge in [0.1, 0.15) is 5.60 Å². The molecule has 0 spiro atoms. The number of aromatic nitrogens is 4. The summed E-state index contributed by atoms with van der Waals surface area (Å²) < 4.78 is 1.42. The second kappa shape index (κ2) is 5.62. The zero-order valence-electron chi connectivity index (χ0n) is 13.1. The number of aromatic amines is 1. The van der Waals surface area contributed by atoms with E-state index in [0.717, 1.165) is 0 Å². The topological polar surface area (TPSA) is 104 Å². The van der Waals surface area contributed by atoms with Crippen molar-refractivity contribution in [2.75, 3.05) is 18.0 Å². The van der Waals surface area contributed by atoms with Crippen LogP contribution in [0.15, 0.2) is 34.2 Å². The molecule has 0 saturated carbocycles. The summed E-state index contributed by atoms with van der Waals surface area (Å²) in [5, 5.41) is 10.9. The summed E-state index contributed by atoms with van der Waals surface area (Å²) in [6, 6.07) is 1.31. The van der Waals surface area contributed by atoms with Crippen LogP contribution >= 0.6 is 0 Å². The van der Waals surface area contributed by atoms with Gasteiger partial charge in [0.05, 0.1) is 12.6 Å². The monoisotopic (exact) mass is 317 g/mol. The Morgan fingerprint density at radius 2 is 2.04 bits per heavy atom. The highest BCUT2D eigenvalue weighted by Crippen LogP contribution is 2.31. The average Bonchev–Trinajstić information content (AvgIpc) is 2.51. The first-order chi connectivity index (χ1) is 10.9. The molecule has 23 heavy (non-hydrogen) atoms. The lowest BCUT2D eigenvalue weighted by Gasteiger charge is -2.43. The number of H-pyrrole nitrogens is 1. The van der Waals surface area contributed by atoms with Crippen LogP contribution in [0, 0.1) is 6.92 Å². The standard InChI is InChI=1S/C15H19N5O3/c1-10-8-20(14(22)18-12(10)21)11-4-7-19(9-15(11,2)23)13-16-5-3-6-17-13/h3,5-6,8,11,23H,4,7,9H2,1-2H3,(H,18,21,22)/t11-,15-/m0/s1. The van der Waals surface area contributed by atoms with Gasteiger partial charge in [-0.3, -0.25) is 14.3 Å². The Kier molecular flexibility index (Phi) is 3.77. The van der Waals surface area contributed by atoms with Crippen molar-refractivity contribution in [1.29, 1.82) is 0 Å². The minimum absolute atomic E-state index is 0.298. The Morgan fingerprint density at radius 3 is 2.70 bits per heavy atom. The molecular formula is C15H19N5O3. The highest BCUT2D eigenvalue weighted by molar-refractivity contribution is 5.31. The maximum atomic E-state index is 12.1. The molecule has 122 valence electrons. The van der Waals surface area contributed by atoms with Gasteiger partial charge in [-0.25, -0.2) is 14.8 Å². The van der Waals surface area contributed by atoms with Crippen molar-refractivity contribution >= 4 is 5.95 Å². The third-order valence-electron chi connectivity index (χ3n) is 4.22. The van der Waals surface area contributed by atoms with Crippen molar-refractivity contribution in [2.45, 2.75) is 31.9 Å². The van der Waals surface area contributed by atoms with Gasteiger partial charge >= 0.3 is 5.69 Å². The van der Waals surface area contributed by atoms with Gasteiger partial charge in [-0.2, -0.15) is 0 Å². The van der Waals surface area contributed by atoms with Crippen LogP contribution in [0.25, 0.3) is 0 Å². The summed E-state index contributed by atoms with van der Waals surface area (Å²) in [7, 11) is 0. The van der Waals surface area contributed by atoms with E-state index in [1.54, 1.807) is 32.3 Å². The molecule has 0 amide bonds. The van der Waals surface area contributed by atoms with Crippen LogP contribution in [0.5, 0.6) is 0 Å². The molecule has 0 aromatic carbocycles. The first kappa shape index (κ1) is 15.4. The second-order valence-electron chi connectivity index (χ2n) is 6.11. The molecule has 8 nitrogen and oxygen atoms in total. The molecule has 0 bridgehead atoms. The average molecular weight is 317 g/mol. The van der Waals surface area contributed by atoms with Crippen molar-refractivity contribution in [2.24, 2.45) is 0 Å². The van der Waals surface area contributed by atoms with E-state index in [4.69, 9.17) is 0 Å². The van der Waals surface area contributed by atoms with Gasteiger partial charge < -0.3 is 10.0 Å². The van der Waals surface area contributed by atoms with E-state index >= 15 is 0 Å². The summed E-state index contributed by atoms with van der Waals surface area (Å²) >= 11 is 0. The number of β-amino-alcohol motifs (C(OH)–C–C–N with tert-alkyl or cyclic N) is 1. The molecule has 2 aromatic heterocycles. The number of nitrogens with zero attached hydrogens (tertiary/aromatic N) is 4. The van der Waals surface area contributed by atoms with Crippen LogP contribution < -0.4 is 16.1 Å². The molecule has 1 aliphatic heterocycles. The van der Waals surface area contributed by atoms with Crippen molar-refractivity contribution in [3.63, 3.8) is 0 Å². The van der Waals surface area contributed by atoms with Gasteiger partial charge in [0, 0.05) is 30.7 Å². The predicted octanol–water partition coefficient (Wildman–Crippen LogP) is -0.163. The van der Waals surface area contributed by atoms with Gasteiger partial charge in [0.25, 0.3) is 5.56 Å². The molecule has 1 aliphatic rings. The number of piperidine rings is 1. The van der Waals surface area contributed by atoms with Crippen LogP contribution in [-0.2, 0) is 0 Å². The zero-order valence-corrected chi connectivity index (χ0v) is 13.1. The lowest BCUT2D eigenvalue weighted by atomic mass is 9.89. The minimum atomic E-state index is -1.16. The normalized spacial score (nSPS) is 24.7. The Labute approximate surface area is 132 Å². The third kappa shape index (κ3) is 2.89. The summed E-state index contributed by atoms with van der Waals surface area (Å²) in [5.41, 5.74) is -1.63. The number of rotatable bonds is 2. The first-order valence-corrected chi connectivity index (χ1v) is 7.45. The lowest BCUT2D eigenvalue weighted by Crippen LogP contribution is -2.55. The fourth-order valence-corrected chi connectivity index (χ4v) is 3.04. The zero-order chi connectivity index (χ0) is 16.6. The first-order valence-electron chi connectivity index (χ1n) is 7.45. The van der Waals surface area contributed by atoms with Gasteiger partial charge in [-0.15, -0.1) is 0 Å². The van der Waals surface area contributed by atoms with E-state index in [-0.39, 0.29) is 0 Å². The van der Waals surface area contributed by atoms with E-state index in [2.05, 4.69) is 15.0 Å². The molecule has 0 radical (unpaired) electrons. The molecule has 0 unspecified atom stereocenters. The van der Waals surface area contributed by atoms with E-state index in [1.807, 2.05) is 4.90 Å². The number of anilines is 1. The quantitative estimate of drug-likeness (QED) is 0.797. The van der Waals surface area contributed by atoms with Crippen molar-refractivity contribution in [1.82, 2.24) is 19.5 Å². The number of nitrogens with one attached hydrogen (secondary N) is 1. The van der Waals surface area contributed by atoms with Crippen molar-refractivity contribution < 1.29 is 5.11 Å². The number of hydrogen-bond donors (Lipinski definition) is 2. The SMILES string of the molecule is Cc1cn([C@H]2CCN(c3ncccn3)C[C@]2(C)O)c(=O)[nH]c1=O. The second-order valence-corrected chi connectivity index (χ2v) is 6.11. The summed E-state index contributed by atoms with van der Waals surface area (Å²) in [6.45, 7) is 4.22. The highest BCUT2D eigenvalue weighted by atomic mass is 16.3. The van der Waals surface area contributed by atoms with Crippen molar-refractivity contribution in [3.05, 3.63) is 51.1 Å². The van der Waals surface area contributed by atoms with Crippen LogP contribution in [0.3, 0.4) is 0 Å². The number of aliphatic hydroxyl groups is 1. The Morgan fingerprint density at radius 1 is 1.35 bits per heavy atom. The molecule has 2 N–H and O–H groups in total. The summed E-state index contributed by atoms with van der Waals surface area (Å²) in [4.78, 5) is 36.2. The van der Waals surface area contributed by atoms with Crippen LogP contribution in [0.2, 0.25) is 0 Å². The molecule has 2 aromatic rings. The lowest BCUT2D eigenvalue weighted by molar-refractivity contribution is -0.00591. The number of aryl methyl sites for hydroxylation is 1. The summed E-state index contributed by atoms with van der Waals surface area (Å²) in [5.74, 6) is 0.552. The minimum Gasteiger partial charge on any atom is -0.386 e. The molecule has 1 saturated heterocycles. The van der Waals surface area contributed by atoms with Gasteiger partial charge in [-0.1, -0.05) is 0 Å². The maximum absolute atomic E-state index is 12.1. The van der Waals surface area contributed by atoms with Gasteiger partial charge in [0.15, 0.2) is 0 Å². The van der Waals surface area contributed by atoms with E-state index < -0.39 is 22.9 Å². The van der Waals surface area contributed by atoms with Gasteiger partial charge in [0.2, 0.25) is 5.95 Å². The fourth-order valence-electron chi connectivity index (χ4n) is 3.04. The fraction of sp³-hybridized carbons (Fsp3) is 0.467. The summed E-state index contributed by atoms with van der Waals surface area (Å²) in [6.07, 6.45) is 5.35. The van der Waals surface area contributed by atoms with Gasteiger partial charge in [-0.05, 0) is 26.3 Å². The third-order valence-corrected chi connectivity index (χ3v) is 4.22. The molecule has 2 atom stereocenters. The van der Waals surface area contributed by atoms with Crippen molar-refractivity contribution in [3.8, 4) is 0 Å². The predicted molar refractivity (Wildman–Crippen MR) is 84.6 cm³/mol. The van der Waals surface area contributed by atoms with Crippen LogP contribution in [-0.4, -0.2) is 43.3 Å². The van der Waals surface area contributed by atoms with Crippen LogP contribution in [0.4, 0.5) is 5.95 Å². The highest BCUT2D eigenvalue weighted by Gasteiger charge is 2.40. The molecule has 1 fully saturated rings. The number of hydrogen-bond acceptors (Lipinski definition) is 6. The Bertz CT molecular complexity index is 812. The molecule has 3 rings (SSSR count). The van der Waals surface area contributed by atoms with E-state index in [9.17, 15) is 14.7 Å². The Hall–Kier alpha value is -2.48. The molecule has 3 heterocycles. The van der Waals surface area contributed by atoms with E-state index in [1.165, 1.54) is 10.8 Å².